The standard InChI is InChI=1S/C29H37BN4O7/c1-18-22-15-34(27(35)20(14-31)13-29(2,3)33-8-10-39-11-9-33)23(26(18)22)17-41-28(36)32-25(30(37)38)12-19-16-40-24-7-5-4-6-21(19)24/h4-7,13,16,18,22-23,25-26,37-38H,8-12,15,17H2,1-3H3,(H,32,36)/b20-13+/t18?,22?,23-,25-,26?/m0/s1. The minimum absolute atomic E-state index is 0.0580. The number of piperidine rings is 1. The average molecular weight is 564 g/mol. The number of hydrogen-bond donors (Lipinski definition) is 3. The Morgan fingerprint density at radius 2 is 2.02 bits per heavy atom. The molecule has 1 saturated carbocycles. The van der Waals surface area contributed by atoms with E-state index in [1.54, 1.807) is 11.0 Å². The van der Waals surface area contributed by atoms with E-state index in [-0.39, 0.29) is 36.5 Å². The van der Waals surface area contributed by atoms with Gasteiger partial charge in [0.05, 0.1) is 31.5 Å². The Bertz CT molecular complexity index is 1350. The first kappa shape index (κ1) is 29.1. The number of ether oxygens (including phenoxy) is 2. The molecular weight excluding hydrogens is 527 g/mol. The van der Waals surface area contributed by atoms with Crippen molar-refractivity contribution in [2.24, 2.45) is 17.8 Å². The maximum atomic E-state index is 13.6. The number of benzene rings is 1. The number of fused-ring (bicyclic) bond motifs is 2. The molecule has 41 heavy (non-hydrogen) atoms. The summed E-state index contributed by atoms with van der Waals surface area (Å²) in [5.74, 6) is -0.540. The van der Waals surface area contributed by atoms with Crippen LogP contribution in [0.5, 0.6) is 0 Å². The van der Waals surface area contributed by atoms with E-state index >= 15 is 0 Å². The number of hydrogen-bond acceptors (Lipinski definition) is 9. The normalized spacial score (nSPS) is 25.4. The molecular formula is C29H37BN4O7. The van der Waals surface area contributed by atoms with E-state index in [4.69, 9.17) is 13.9 Å². The van der Waals surface area contributed by atoms with Gasteiger partial charge in [0.25, 0.3) is 5.91 Å². The van der Waals surface area contributed by atoms with Crippen molar-refractivity contribution >= 4 is 30.1 Å². The number of nitriles is 1. The summed E-state index contributed by atoms with van der Waals surface area (Å²) in [5, 5.41) is 33.2. The maximum Gasteiger partial charge on any atom is 0.475 e. The summed E-state index contributed by atoms with van der Waals surface area (Å²) < 4.78 is 16.5. The summed E-state index contributed by atoms with van der Waals surface area (Å²) in [5.41, 5.74) is 0.944. The molecule has 2 amide bonds. The fourth-order valence-corrected chi connectivity index (χ4v) is 6.40. The molecule has 1 aromatic carbocycles. The number of carbonyl (C=O) groups is 2. The van der Waals surface area contributed by atoms with Gasteiger partial charge < -0.3 is 34.2 Å². The fourth-order valence-electron chi connectivity index (χ4n) is 6.40. The van der Waals surface area contributed by atoms with E-state index in [1.807, 2.05) is 38.1 Å². The molecule has 1 aliphatic carbocycles. The van der Waals surface area contributed by atoms with E-state index in [0.29, 0.717) is 50.3 Å². The molecule has 5 rings (SSSR count). The van der Waals surface area contributed by atoms with Gasteiger partial charge in [0, 0.05) is 30.6 Å². The van der Waals surface area contributed by atoms with Crippen molar-refractivity contribution in [2.75, 3.05) is 39.5 Å². The summed E-state index contributed by atoms with van der Waals surface area (Å²) in [6.45, 7) is 9.16. The average Bonchev–Trinajstić information content (AvgIpc) is 3.27. The van der Waals surface area contributed by atoms with Gasteiger partial charge in [-0.3, -0.25) is 9.69 Å². The van der Waals surface area contributed by atoms with Gasteiger partial charge in [-0.25, -0.2) is 4.79 Å². The number of morpholine rings is 1. The molecule has 5 atom stereocenters. The van der Waals surface area contributed by atoms with Gasteiger partial charge in [0.1, 0.15) is 23.8 Å². The minimum Gasteiger partial charge on any atom is -0.464 e. The third kappa shape index (κ3) is 6.14. The lowest BCUT2D eigenvalue weighted by Gasteiger charge is -2.39. The lowest BCUT2D eigenvalue weighted by atomic mass is 9.76. The first-order valence-corrected chi connectivity index (χ1v) is 14.1. The van der Waals surface area contributed by atoms with Gasteiger partial charge in [-0.05, 0) is 55.7 Å². The molecule has 3 heterocycles. The number of nitrogens with one attached hydrogen (secondary N) is 1. The highest BCUT2D eigenvalue weighted by Crippen LogP contribution is 2.55. The molecule has 1 aromatic heterocycles. The molecule has 11 nitrogen and oxygen atoms in total. The molecule has 3 N–H and O–H groups in total. The third-order valence-electron chi connectivity index (χ3n) is 8.87. The first-order chi connectivity index (χ1) is 19.6. The highest BCUT2D eigenvalue weighted by molar-refractivity contribution is 6.43. The molecule has 0 radical (unpaired) electrons. The minimum atomic E-state index is -1.83. The largest absolute Gasteiger partial charge is 0.475 e. The van der Waals surface area contributed by atoms with Crippen LogP contribution in [0.15, 0.2) is 46.6 Å². The number of alkyl carbamates (subject to hydrolysis) is 1. The zero-order chi connectivity index (χ0) is 29.3. The molecule has 218 valence electrons. The summed E-state index contributed by atoms with van der Waals surface area (Å²) in [4.78, 5) is 30.2. The predicted molar refractivity (Wildman–Crippen MR) is 150 cm³/mol. The van der Waals surface area contributed by atoms with Crippen LogP contribution in [-0.2, 0) is 20.7 Å². The number of likely N-dealkylation sites (tertiary alicyclic amines) is 1. The molecule has 12 heteroatoms. The van der Waals surface area contributed by atoms with Crippen LogP contribution in [0.25, 0.3) is 11.0 Å². The topological polar surface area (TPSA) is 148 Å². The Balaban J connectivity index is 1.23. The van der Waals surface area contributed by atoms with E-state index in [1.165, 1.54) is 6.26 Å². The van der Waals surface area contributed by atoms with Crippen LogP contribution >= 0.6 is 0 Å². The highest BCUT2D eigenvalue weighted by atomic mass is 16.5. The number of nitrogens with zero attached hydrogens (tertiary/aromatic N) is 3. The van der Waals surface area contributed by atoms with E-state index in [9.17, 15) is 24.9 Å². The van der Waals surface area contributed by atoms with E-state index in [0.717, 1.165) is 10.9 Å². The van der Waals surface area contributed by atoms with Gasteiger partial charge in [-0.2, -0.15) is 5.26 Å². The van der Waals surface area contributed by atoms with Gasteiger partial charge in [-0.15, -0.1) is 0 Å². The fraction of sp³-hybridized carbons (Fsp3) is 0.552. The van der Waals surface area contributed by atoms with Crippen molar-refractivity contribution < 1.29 is 33.5 Å². The number of carbonyl (C=O) groups excluding carboxylic acids is 2. The second-order valence-electron chi connectivity index (χ2n) is 11.8. The van der Waals surface area contributed by atoms with Gasteiger partial charge >= 0.3 is 13.2 Å². The molecule has 0 spiro atoms. The van der Waals surface area contributed by atoms with Crippen molar-refractivity contribution in [1.82, 2.24) is 15.1 Å². The molecule has 2 aromatic rings. The van der Waals surface area contributed by atoms with Crippen LogP contribution in [0.4, 0.5) is 4.79 Å². The maximum absolute atomic E-state index is 13.6. The molecule has 2 aliphatic heterocycles. The quantitative estimate of drug-likeness (QED) is 0.235. The third-order valence-corrected chi connectivity index (χ3v) is 8.87. The predicted octanol–water partition coefficient (Wildman–Crippen LogP) is 1.74. The molecule has 2 saturated heterocycles. The number of furan rings is 1. The molecule has 0 bridgehead atoms. The van der Waals surface area contributed by atoms with Crippen LogP contribution in [-0.4, -0.2) is 95.9 Å². The second kappa shape index (κ2) is 11.9. The molecule has 3 aliphatic rings. The number of rotatable bonds is 9. The Morgan fingerprint density at radius 3 is 2.73 bits per heavy atom. The zero-order valence-electron chi connectivity index (χ0n) is 23.7. The van der Waals surface area contributed by atoms with Crippen molar-refractivity contribution in [1.29, 1.82) is 5.26 Å². The van der Waals surface area contributed by atoms with Crippen LogP contribution in [0.2, 0.25) is 0 Å². The molecule has 3 fully saturated rings. The lowest BCUT2D eigenvalue weighted by Crippen LogP contribution is -2.50. The van der Waals surface area contributed by atoms with Crippen LogP contribution in [0, 0.1) is 29.1 Å². The van der Waals surface area contributed by atoms with Crippen molar-refractivity contribution in [2.45, 2.75) is 44.7 Å². The Kier molecular flexibility index (Phi) is 8.43. The monoisotopic (exact) mass is 564 g/mol. The van der Waals surface area contributed by atoms with Gasteiger partial charge in [-0.1, -0.05) is 25.1 Å². The van der Waals surface area contributed by atoms with Crippen LogP contribution in [0.1, 0.15) is 26.3 Å². The van der Waals surface area contributed by atoms with E-state index in [2.05, 4.69) is 23.2 Å². The summed E-state index contributed by atoms with van der Waals surface area (Å²) in [7, 11) is -1.83. The van der Waals surface area contributed by atoms with Crippen LogP contribution in [0.3, 0.4) is 0 Å². The van der Waals surface area contributed by atoms with Crippen molar-refractivity contribution in [3.63, 3.8) is 0 Å². The lowest BCUT2D eigenvalue weighted by molar-refractivity contribution is -0.129. The Hall–Kier alpha value is -3.37. The molecule has 3 unspecified atom stereocenters. The smallest absolute Gasteiger partial charge is 0.464 e. The number of para-hydroxylation sites is 1. The first-order valence-electron chi connectivity index (χ1n) is 14.1. The number of amides is 2. The van der Waals surface area contributed by atoms with Gasteiger partial charge in [0.15, 0.2) is 0 Å². The second-order valence-corrected chi connectivity index (χ2v) is 11.8. The van der Waals surface area contributed by atoms with Crippen molar-refractivity contribution in [3.8, 4) is 6.07 Å². The van der Waals surface area contributed by atoms with E-state index < -0.39 is 24.7 Å². The Morgan fingerprint density at radius 1 is 1.29 bits per heavy atom. The van der Waals surface area contributed by atoms with Crippen LogP contribution < -0.4 is 5.32 Å². The highest BCUT2D eigenvalue weighted by Gasteiger charge is 2.60. The summed E-state index contributed by atoms with van der Waals surface area (Å²) >= 11 is 0. The SMILES string of the molecule is CC1C2CN(C(=O)/C(C#N)=C/C(C)(C)N3CCOCC3)[C@@H](COC(=O)N[C@@H](Cc3coc4ccccc34)B(O)O)C12. The van der Waals surface area contributed by atoms with Gasteiger partial charge in [0.2, 0.25) is 0 Å². The zero-order valence-corrected chi connectivity index (χ0v) is 23.7. The summed E-state index contributed by atoms with van der Waals surface area (Å²) in [6, 6.07) is 9.09. The Labute approximate surface area is 239 Å². The summed E-state index contributed by atoms with van der Waals surface area (Å²) in [6.07, 6.45) is 2.56. The van der Waals surface area contributed by atoms with Crippen molar-refractivity contribution in [3.05, 3.63) is 47.7 Å².